The quantitative estimate of drug-likeness (QED) is 0.836. The first-order valence-electron chi connectivity index (χ1n) is 6.53. The smallest absolute Gasteiger partial charge is 0.0420 e. The van der Waals surface area contributed by atoms with Crippen LogP contribution in [0.25, 0.3) is 0 Å². The van der Waals surface area contributed by atoms with Crippen LogP contribution in [0.15, 0.2) is 18.3 Å². The number of aromatic nitrogens is 1. The van der Waals surface area contributed by atoms with Gasteiger partial charge in [0.1, 0.15) is 0 Å². The van der Waals surface area contributed by atoms with Gasteiger partial charge in [0.05, 0.1) is 0 Å². The Hall–Kier alpha value is -0.890. The third-order valence-corrected chi connectivity index (χ3v) is 3.19. The van der Waals surface area contributed by atoms with Gasteiger partial charge in [-0.3, -0.25) is 4.98 Å². The van der Waals surface area contributed by atoms with Gasteiger partial charge in [0.15, 0.2) is 0 Å². The van der Waals surface area contributed by atoms with E-state index in [0.717, 1.165) is 5.69 Å². The minimum Gasteiger partial charge on any atom is -0.313 e. The second-order valence-corrected chi connectivity index (χ2v) is 5.97. The van der Waals surface area contributed by atoms with Gasteiger partial charge in [0, 0.05) is 17.9 Å². The average molecular weight is 234 g/mol. The third-order valence-electron chi connectivity index (χ3n) is 3.19. The largest absolute Gasteiger partial charge is 0.313 e. The number of aryl methyl sites for hydroxylation is 1. The van der Waals surface area contributed by atoms with Crippen molar-refractivity contribution in [2.75, 3.05) is 7.05 Å². The first-order chi connectivity index (χ1) is 7.94. The van der Waals surface area contributed by atoms with Crippen LogP contribution in [0.5, 0.6) is 0 Å². The van der Waals surface area contributed by atoms with Gasteiger partial charge in [-0.1, -0.05) is 33.3 Å². The molecule has 0 saturated heterocycles. The summed E-state index contributed by atoms with van der Waals surface area (Å²) in [7, 11) is 2.04. The Morgan fingerprint density at radius 3 is 2.59 bits per heavy atom. The molecular formula is C15H26N2. The SMILES string of the molecule is CNC(CCCC(C)(C)C)c1cccnc1C. The molecule has 1 aromatic rings. The van der Waals surface area contributed by atoms with E-state index in [1.807, 2.05) is 19.3 Å². The van der Waals surface area contributed by atoms with Crippen LogP contribution in [-0.4, -0.2) is 12.0 Å². The van der Waals surface area contributed by atoms with E-state index in [2.05, 4.69) is 44.1 Å². The van der Waals surface area contributed by atoms with Crippen molar-refractivity contribution in [3.63, 3.8) is 0 Å². The number of nitrogens with one attached hydrogen (secondary N) is 1. The molecule has 2 nitrogen and oxygen atoms in total. The zero-order valence-electron chi connectivity index (χ0n) is 11.9. The van der Waals surface area contributed by atoms with Crippen molar-refractivity contribution in [2.45, 2.75) is 53.0 Å². The maximum atomic E-state index is 4.36. The van der Waals surface area contributed by atoms with Crippen molar-refractivity contribution in [1.82, 2.24) is 10.3 Å². The van der Waals surface area contributed by atoms with Gasteiger partial charge in [-0.25, -0.2) is 0 Å². The van der Waals surface area contributed by atoms with Crippen molar-refractivity contribution in [2.24, 2.45) is 5.41 Å². The van der Waals surface area contributed by atoms with Gasteiger partial charge in [0.2, 0.25) is 0 Å². The second kappa shape index (κ2) is 6.15. The second-order valence-electron chi connectivity index (χ2n) is 5.97. The summed E-state index contributed by atoms with van der Waals surface area (Å²) in [6, 6.07) is 4.64. The van der Waals surface area contributed by atoms with E-state index < -0.39 is 0 Å². The molecule has 1 unspecified atom stereocenters. The van der Waals surface area contributed by atoms with E-state index in [4.69, 9.17) is 0 Å². The highest BCUT2D eigenvalue weighted by Crippen LogP contribution is 2.26. The number of hydrogen-bond donors (Lipinski definition) is 1. The number of rotatable bonds is 5. The summed E-state index contributed by atoms with van der Waals surface area (Å²) >= 11 is 0. The predicted molar refractivity (Wildman–Crippen MR) is 74.1 cm³/mol. The summed E-state index contributed by atoms with van der Waals surface area (Å²) in [6.45, 7) is 8.99. The Balaban J connectivity index is 2.58. The van der Waals surface area contributed by atoms with Gasteiger partial charge in [-0.05, 0) is 43.9 Å². The summed E-state index contributed by atoms with van der Waals surface area (Å²) < 4.78 is 0. The fourth-order valence-electron chi connectivity index (χ4n) is 2.16. The molecule has 2 heteroatoms. The van der Waals surface area contributed by atoms with Crippen LogP contribution >= 0.6 is 0 Å². The molecular weight excluding hydrogens is 208 g/mol. The molecule has 1 N–H and O–H groups in total. The molecule has 0 aromatic carbocycles. The number of nitrogens with zero attached hydrogens (tertiary/aromatic N) is 1. The number of hydrogen-bond acceptors (Lipinski definition) is 2. The fraction of sp³-hybridized carbons (Fsp3) is 0.667. The van der Waals surface area contributed by atoms with Crippen LogP contribution in [0, 0.1) is 12.3 Å². The minimum atomic E-state index is 0.433. The Labute approximate surface area is 106 Å². The summed E-state index contributed by atoms with van der Waals surface area (Å²) in [4.78, 5) is 4.36. The van der Waals surface area contributed by atoms with E-state index >= 15 is 0 Å². The molecule has 0 fully saturated rings. The highest BCUT2D eigenvalue weighted by Gasteiger charge is 2.14. The lowest BCUT2D eigenvalue weighted by Gasteiger charge is -2.22. The molecule has 0 radical (unpaired) electrons. The Morgan fingerprint density at radius 2 is 2.06 bits per heavy atom. The van der Waals surface area contributed by atoms with Crippen LogP contribution in [0.2, 0.25) is 0 Å². The molecule has 0 aliphatic rings. The molecule has 0 saturated carbocycles. The molecule has 0 amide bonds. The molecule has 1 atom stereocenters. The van der Waals surface area contributed by atoms with Crippen molar-refractivity contribution in [3.8, 4) is 0 Å². The lowest BCUT2D eigenvalue weighted by atomic mass is 9.88. The minimum absolute atomic E-state index is 0.433. The zero-order valence-corrected chi connectivity index (χ0v) is 11.9. The lowest BCUT2D eigenvalue weighted by molar-refractivity contribution is 0.347. The van der Waals surface area contributed by atoms with E-state index in [1.165, 1.54) is 24.8 Å². The summed E-state index contributed by atoms with van der Waals surface area (Å²) in [5.74, 6) is 0. The van der Waals surface area contributed by atoms with Crippen molar-refractivity contribution in [1.29, 1.82) is 0 Å². The Morgan fingerprint density at radius 1 is 1.35 bits per heavy atom. The first kappa shape index (κ1) is 14.2. The highest BCUT2D eigenvalue weighted by atomic mass is 14.9. The molecule has 1 rings (SSSR count). The van der Waals surface area contributed by atoms with Gasteiger partial charge in [-0.15, -0.1) is 0 Å². The molecule has 0 aliphatic heterocycles. The molecule has 0 bridgehead atoms. The van der Waals surface area contributed by atoms with Crippen LogP contribution in [-0.2, 0) is 0 Å². The van der Waals surface area contributed by atoms with Crippen LogP contribution in [0.3, 0.4) is 0 Å². The maximum Gasteiger partial charge on any atom is 0.0420 e. The molecule has 0 spiro atoms. The topological polar surface area (TPSA) is 24.9 Å². The standard InChI is InChI=1S/C15H26N2/c1-12-13(8-7-11-17-12)14(16-5)9-6-10-15(2,3)4/h7-8,11,14,16H,6,9-10H2,1-5H3. The fourth-order valence-corrected chi connectivity index (χ4v) is 2.16. The predicted octanol–water partition coefficient (Wildman–Crippen LogP) is 3.87. The van der Waals surface area contributed by atoms with Crippen molar-refractivity contribution in [3.05, 3.63) is 29.6 Å². The van der Waals surface area contributed by atoms with E-state index in [9.17, 15) is 0 Å². The third kappa shape index (κ3) is 4.86. The van der Waals surface area contributed by atoms with Gasteiger partial charge >= 0.3 is 0 Å². The molecule has 1 aromatic heterocycles. The van der Waals surface area contributed by atoms with Crippen LogP contribution < -0.4 is 5.32 Å². The molecule has 0 aliphatic carbocycles. The zero-order chi connectivity index (χ0) is 12.9. The van der Waals surface area contributed by atoms with Crippen molar-refractivity contribution >= 4 is 0 Å². The van der Waals surface area contributed by atoms with E-state index in [1.54, 1.807) is 0 Å². The Bertz CT molecular complexity index is 339. The maximum absolute atomic E-state index is 4.36. The van der Waals surface area contributed by atoms with Crippen LogP contribution in [0.4, 0.5) is 0 Å². The monoisotopic (exact) mass is 234 g/mol. The van der Waals surface area contributed by atoms with E-state index in [0.29, 0.717) is 11.5 Å². The molecule has 17 heavy (non-hydrogen) atoms. The van der Waals surface area contributed by atoms with Crippen LogP contribution in [0.1, 0.15) is 57.3 Å². The summed E-state index contributed by atoms with van der Waals surface area (Å²) in [6.07, 6.45) is 5.56. The van der Waals surface area contributed by atoms with Gasteiger partial charge in [-0.2, -0.15) is 0 Å². The Kier molecular flexibility index (Phi) is 5.13. The van der Waals surface area contributed by atoms with E-state index in [-0.39, 0.29) is 0 Å². The summed E-state index contributed by atoms with van der Waals surface area (Å²) in [5, 5.41) is 3.41. The molecule has 96 valence electrons. The van der Waals surface area contributed by atoms with Gasteiger partial charge < -0.3 is 5.32 Å². The number of pyridine rings is 1. The van der Waals surface area contributed by atoms with Crippen molar-refractivity contribution < 1.29 is 0 Å². The normalized spacial score (nSPS) is 13.7. The highest BCUT2D eigenvalue weighted by molar-refractivity contribution is 5.22. The summed E-state index contributed by atoms with van der Waals surface area (Å²) in [5.41, 5.74) is 2.91. The average Bonchev–Trinajstić information content (AvgIpc) is 2.24. The molecule has 1 heterocycles. The van der Waals surface area contributed by atoms with Gasteiger partial charge in [0.25, 0.3) is 0 Å². The first-order valence-corrected chi connectivity index (χ1v) is 6.53. The lowest BCUT2D eigenvalue weighted by Crippen LogP contribution is -2.18.